The fourth-order valence-corrected chi connectivity index (χ4v) is 5.92. The van der Waals surface area contributed by atoms with E-state index in [2.05, 4.69) is 30.3 Å². The summed E-state index contributed by atoms with van der Waals surface area (Å²) in [6, 6.07) is 7.71. The minimum absolute atomic E-state index is 0.0864. The number of anilines is 3. The number of alkyl halides is 3. The number of oxazole rings is 1. The molecule has 3 N–H and O–H groups in total. The smallest absolute Gasteiger partial charge is 0.424 e. The predicted octanol–water partition coefficient (Wildman–Crippen LogP) is 4.50. The van der Waals surface area contributed by atoms with Crippen LogP contribution >= 0.6 is 0 Å². The van der Waals surface area contributed by atoms with E-state index in [1.807, 2.05) is 11.0 Å². The quantitative estimate of drug-likeness (QED) is 0.354. The second kappa shape index (κ2) is 11.6. The topological polar surface area (TPSA) is 125 Å². The van der Waals surface area contributed by atoms with Crippen molar-refractivity contribution in [2.75, 3.05) is 34.3 Å². The number of aromatic nitrogens is 3. The van der Waals surface area contributed by atoms with E-state index in [9.17, 15) is 21.6 Å². The highest BCUT2D eigenvalue weighted by Gasteiger charge is 2.35. The van der Waals surface area contributed by atoms with Crippen LogP contribution in [0.25, 0.3) is 11.3 Å². The zero-order valence-corrected chi connectivity index (χ0v) is 22.8. The lowest BCUT2D eigenvalue weighted by atomic mass is 9.89. The highest BCUT2D eigenvalue weighted by atomic mass is 32.2. The first-order valence-corrected chi connectivity index (χ1v) is 15.1. The molecule has 3 unspecified atom stereocenters. The Morgan fingerprint density at radius 1 is 1.00 bits per heavy atom. The van der Waals surface area contributed by atoms with E-state index in [1.165, 1.54) is 12.4 Å². The normalized spacial score (nSPS) is 22.2. The third-order valence-corrected chi connectivity index (χ3v) is 7.77. The van der Waals surface area contributed by atoms with Gasteiger partial charge in [0.2, 0.25) is 15.8 Å². The van der Waals surface area contributed by atoms with E-state index in [-0.39, 0.29) is 18.1 Å². The number of rotatable bonds is 8. The summed E-state index contributed by atoms with van der Waals surface area (Å²) in [5.41, 5.74) is 1.72. The summed E-state index contributed by atoms with van der Waals surface area (Å²) in [5.74, 6) is -0.617. The van der Waals surface area contributed by atoms with Gasteiger partial charge in [0.05, 0.1) is 30.5 Å². The summed E-state index contributed by atoms with van der Waals surface area (Å²) in [6.07, 6.45) is 6.58. The van der Waals surface area contributed by atoms with Gasteiger partial charge >= 0.3 is 6.18 Å². The highest BCUT2D eigenvalue weighted by molar-refractivity contribution is 7.92. The van der Waals surface area contributed by atoms with Crippen LogP contribution in [0.1, 0.15) is 44.3 Å². The van der Waals surface area contributed by atoms with Gasteiger partial charge in [-0.25, -0.2) is 23.4 Å². The molecular formula is C26H32F3N7O3S. The molecule has 0 amide bonds. The van der Waals surface area contributed by atoms with E-state index in [4.69, 9.17) is 4.42 Å². The Morgan fingerprint density at radius 3 is 2.48 bits per heavy atom. The first kappa shape index (κ1) is 28.1. The maximum atomic E-state index is 12.8. The molecule has 3 heterocycles. The Bertz CT molecular complexity index is 1400. The molecular weight excluding hydrogens is 547 g/mol. The van der Waals surface area contributed by atoms with Crippen molar-refractivity contribution in [2.45, 2.75) is 62.8 Å². The van der Waals surface area contributed by atoms with Gasteiger partial charge < -0.3 is 20.0 Å². The lowest BCUT2D eigenvalue weighted by molar-refractivity contribution is -0.145. The molecule has 1 saturated heterocycles. The van der Waals surface area contributed by atoms with Crippen LogP contribution in [0.4, 0.5) is 30.6 Å². The fourth-order valence-electron chi connectivity index (χ4n) is 5.37. The molecule has 2 aliphatic rings. The summed E-state index contributed by atoms with van der Waals surface area (Å²) in [5, 5.41) is 7.21. The second-order valence-electron chi connectivity index (χ2n) is 10.3. The number of sulfonamides is 1. The molecule has 10 nitrogen and oxygen atoms in total. The van der Waals surface area contributed by atoms with E-state index in [1.54, 1.807) is 24.4 Å². The molecule has 14 heteroatoms. The minimum Gasteiger partial charge on any atom is -0.424 e. The van der Waals surface area contributed by atoms with Crippen molar-refractivity contribution in [3.8, 4) is 11.3 Å². The van der Waals surface area contributed by atoms with Crippen LogP contribution in [0.5, 0.6) is 0 Å². The summed E-state index contributed by atoms with van der Waals surface area (Å²) >= 11 is 0. The highest BCUT2D eigenvalue weighted by Crippen LogP contribution is 2.30. The Kier molecular flexibility index (Phi) is 8.17. The molecule has 1 saturated carbocycles. The lowest BCUT2D eigenvalue weighted by Crippen LogP contribution is -2.55. The van der Waals surface area contributed by atoms with Gasteiger partial charge in [-0.3, -0.25) is 4.72 Å². The first-order chi connectivity index (χ1) is 19.0. The molecule has 1 aliphatic carbocycles. The maximum absolute atomic E-state index is 12.8. The van der Waals surface area contributed by atoms with E-state index in [0.717, 1.165) is 51.3 Å². The fraction of sp³-hybridized carbons (Fsp3) is 0.500. The lowest BCUT2D eigenvalue weighted by Gasteiger charge is -2.40. The van der Waals surface area contributed by atoms with Crippen LogP contribution in [0.3, 0.4) is 0 Å². The summed E-state index contributed by atoms with van der Waals surface area (Å²) in [6.45, 7) is 1.39. The van der Waals surface area contributed by atoms with Crippen LogP contribution in [-0.4, -0.2) is 60.8 Å². The Balaban J connectivity index is 1.21. The van der Waals surface area contributed by atoms with Crippen molar-refractivity contribution in [3.05, 3.63) is 48.7 Å². The zero-order valence-electron chi connectivity index (χ0n) is 22.0. The molecule has 0 bridgehead atoms. The molecule has 2 fully saturated rings. The number of hydrogen-bond donors (Lipinski definition) is 3. The third kappa shape index (κ3) is 7.22. The van der Waals surface area contributed by atoms with Crippen LogP contribution in [0.2, 0.25) is 0 Å². The molecule has 3 atom stereocenters. The molecule has 2 aromatic heterocycles. The number of nitrogens with zero attached hydrogens (tertiary/aromatic N) is 4. The van der Waals surface area contributed by atoms with Gasteiger partial charge in [-0.2, -0.15) is 13.2 Å². The molecule has 40 heavy (non-hydrogen) atoms. The summed E-state index contributed by atoms with van der Waals surface area (Å²) in [7, 11) is -3.40. The van der Waals surface area contributed by atoms with E-state index >= 15 is 0 Å². The van der Waals surface area contributed by atoms with Crippen molar-refractivity contribution in [3.63, 3.8) is 0 Å². The largest absolute Gasteiger partial charge is 0.451 e. The van der Waals surface area contributed by atoms with Gasteiger partial charge in [-0.1, -0.05) is 25.0 Å². The standard InChI is InChI=1S/C26H32F3N7O3S/c1-40(37,38)35-18-7-4-6-17(12-18)23-15-32-25(39-23)34-22-10-3-2-9-21(22)33-19-8-5-11-36(16-19)20-13-30-24(31-14-20)26(27,28)29/h4,6-7,12-15,19,21-22,33,35H,2-3,5,8-11,16H2,1H3,(H,32,34). The molecule has 1 aliphatic heterocycles. The number of halogens is 3. The van der Waals surface area contributed by atoms with Gasteiger partial charge in [0.25, 0.3) is 6.01 Å². The second-order valence-corrected chi connectivity index (χ2v) is 12.1. The van der Waals surface area contributed by atoms with Crippen LogP contribution in [-0.2, 0) is 16.2 Å². The zero-order chi connectivity index (χ0) is 28.3. The SMILES string of the molecule is CS(=O)(=O)Nc1cccc(-c2cnc(NC3CCCCC3NC3CCCN(c4cnc(C(F)(F)F)nc4)C3)o2)c1. The van der Waals surface area contributed by atoms with Crippen LogP contribution < -0.4 is 20.3 Å². The van der Waals surface area contributed by atoms with Crippen molar-refractivity contribution in [2.24, 2.45) is 0 Å². The molecule has 5 rings (SSSR count). The summed E-state index contributed by atoms with van der Waals surface area (Å²) < 4.78 is 70.1. The van der Waals surface area contributed by atoms with Crippen LogP contribution in [0.15, 0.2) is 47.3 Å². The first-order valence-electron chi connectivity index (χ1n) is 13.2. The van der Waals surface area contributed by atoms with Gasteiger partial charge in [0.1, 0.15) is 0 Å². The van der Waals surface area contributed by atoms with E-state index < -0.39 is 22.0 Å². The van der Waals surface area contributed by atoms with Crippen molar-refractivity contribution in [1.29, 1.82) is 0 Å². The van der Waals surface area contributed by atoms with Crippen molar-refractivity contribution in [1.82, 2.24) is 20.3 Å². The Morgan fingerprint density at radius 2 is 1.75 bits per heavy atom. The number of benzene rings is 1. The Labute approximate surface area is 230 Å². The number of piperidine rings is 1. The third-order valence-electron chi connectivity index (χ3n) is 7.16. The van der Waals surface area contributed by atoms with Gasteiger partial charge in [-0.05, 0) is 37.8 Å². The minimum atomic E-state index is -4.56. The van der Waals surface area contributed by atoms with Crippen LogP contribution in [0, 0.1) is 0 Å². The predicted molar refractivity (Wildman–Crippen MR) is 145 cm³/mol. The average molecular weight is 580 g/mol. The molecule has 3 aromatic rings. The van der Waals surface area contributed by atoms with E-state index in [0.29, 0.717) is 35.3 Å². The van der Waals surface area contributed by atoms with Gasteiger partial charge in [0, 0.05) is 42.5 Å². The molecule has 216 valence electrons. The monoisotopic (exact) mass is 579 g/mol. The number of hydrogen-bond acceptors (Lipinski definition) is 9. The van der Waals surface area contributed by atoms with Gasteiger partial charge in [-0.15, -0.1) is 0 Å². The maximum Gasteiger partial charge on any atom is 0.451 e. The molecule has 1 aromatic carbocycles. The van der Waals surface area contributed by atoms with Crippen molar-refractivity contribution >= 4 is 27.4 Å². The van der Waals surface area contributed by atoms with Gasteiger partial charge in [0.15, 0.2) is 5.76 Å². The summed E-state index contributed by atoms with van der Waals surface area (Å²) in [4.78, 5) is 13.5. The molecule has 0 spiro atoms. The average Bonchev–Trinajstić information content (AvgIpc) is 3.37. The van der Waals surface area contributed by atoms with Crippen molar-refractivity contribution < 1.29 is 26.0 Å². The Hall–Kier alpha value is -3.39. The number of nitrogens with one attached hydrogen (secondary N) is 3. The molecule has 0 radical (unpaired) electrons.